The zero-order chi connectivity index (χ0) is 13.9. The number of aryl methyl sites for hydroxylation is 1. The Balaban J connectivity index is 2.05. The molecule has 5 heteroatoms. The number of rotatable bonds is 1. The third-order valence-electron chi connectivity index (χ3n) is 3.50. The molecule has 0 amide bonds. The molecule has 102 valence electrons. The Morgan fingerprint density at radius 3 is 2.95 bits per heavy atom. The number of nitrogen functional groups attached to an aromatic ring is 1. The maximum atomic E-state index is 5.85. The number of hydrogen-bond donors (Lipinski definition) is 1. The standard InChI is InChI=1S/C15H17N5/c1-2-20-12(9-8-11-6-4-3-5-7-11)19-13-14(16)17-10-18-15(13)20/h6,10H,2-5,7H2,1H3,(H2,16,17,18). The summed E-state index contributed by atoms with van der Waals surface area (Å²) in [6.07, 6.45) is 8.39. The van der Waals surface area contributed by atoms with Crippen molar-refractivity contribution < 1.29 is 0 Å². The molecule has 2 aromatic rings. The molecule has 0 spiro atoms. The maximum absolute atomic E-state index is 5.85. The van der Waals surface area contributed by atoms with E-state index in [1.165, 1.54) is 24.7 Å². The highest BCUT2D eigenvalue weighted by Crippen LogP contribution is 2.19. The van der Waals surface area contributed by atoms with Crippen molar-refractivity contribution in [3.63, 3.8) is 0 Å². The summed E-state index contributed by atoms with van der Waals surface area (Å²) in [7, 11) is 0. The number of allylic oxidation sites excluding steroid dienone is 2. The smallest absolute Gasteiger partial charge is 0.188 e. The number of imidazole rings is 1. The average Bonchev–Trinajstić information content (AvgIpc) is 2.85. The summed E-state index contributed by atoms with van der Waals surface area (Å²) in [5.74, 6) is 7.51. The van der Waals surface area contributed by atoms with Crippen molar-refractivity contribution in [3.8, 4) is 11.8 Å². The van der Waals surface area contributed by atoms with Crippen LogP contribution in [0.25, 0.3) is 11.2 Å². The Kier molecular flexibility index (Phi) is 3.38. The molecule has 0 unspecified atom stereocenters. The Hall–Kier alpha value is -2.35. The van der Waals surface area contributed by atoms with Gasteiger partial charge in [-0.1, -0.05) is 12.0 Å². The topological polar surface area (TPSA) is 69.6 Å². The molecule has 5 nitrogen and oxygen atoms in total. The number of fused-ring (bicyclic) bond motifs is 1. The van der Waals surface area contributed by atoms with Gasteiger partial charge in [0.05, 0.1) is 0 Å². The van der Waals surface area contributed by atoms with E-state index in [0.717, 1.165) is 25.0 Å². The molecule has 0 fully saturated rings. The van der Waals surface area contributed by atoms with Crippen LogP contribution in [0.15, 0.2) is 18.0 Å². The van der Waals surface area contributed by atoms with Crippen molar-refractivity contribution in [2.75, 3.05) is 5.73 Å². The van der Waals surface area contributed by atoms with Gasteiger partial charge in [0.25, 0.3) is 0 Å². The molecule has 0 bridgehead atoms. The van der Waals surface area contributed by atoms with Crippen LogP contribution in [0, 0.1) is 11.8 Å². The van der Waals surface area contributed by atoms with Crippen LogP contribution in [0.1, 0.15) is 38.4 Å². The van der Waals surface area contributed by atoms with E-state index in [9.17, 15) is 0 Å². The molecule has 2 N–H and O–H groups in total. The molecular formula is C15H17N5. The van der Waals surface area contributed by atoms with Gasteiger partial charge < -0.3 is 10.3 Å². The summed E-state index contributed by atoms with van der Waals surface area (Å²) in [5.41, 5.74) is 8.45. The molecular weight excluding hydrogens is 250 g/mol. The minimum Gasteiger partial charge on any atom is -0.382 e. The van der Waals surface area contributed by atoms with Gasteiger partial charge in [-0.05, 0) is 44.1 Å². The van der Waals surface area contributed by atoms with Crippen LogP contribution in [0.2, 0.25) is 0 Å². The van der Waals surface area contributed by atoms with Gasteiger partial charge in [0, 0.05) is 6.54 Å². The first-order valence-electron chi connectivity index (χ1n) is 6.97. The van der Waals surface area contributed by atoms with E-state index in [0.29, 0.717) is 17.2 Å². The highest BCUT2D eigenvalue weighted by molar-refractivity contribution is 5.82. The Bertz CT molecular complexity index is 730. The number of nitrogens with two attached hydrogens (primary N) is 1. The van der Waals surface area contributed by atoms with Crippen molar-refractivity contribution >= 4 is 17.0 Å². The van der Waals surface area contributed by atoms with Gasteiger partial charge in [0.2, 0.25) is 0 Å². The van der Waals surface area contributed by atoms with Crippen LogP contribution in [-0.2, 0) is 6.54 Å². The molecule has 0 aromatic carbocycles. The van der Waals surface area contributed by atoms with Crippen molar-refractivity contribution in [1.29, 1.82) is 0 Å². The van der Waals surface area contributed by atoms with E-state index < -0.39 is 0 Å². The highest BCUT2D eigenvalue weighted by Gasteiger charge is 2.12. The normalized spacial score (nSPS) is 14.8. The molecule has 1 aliphatic carbocycles. The third kappa shape index (κ3) is 2.25. The fourth-order valence-electron chi connectivity index (χ4n) is 2.44. The molecule has 0 saturated heterocycles. The second-order valence-corrected chi connectivity index (χ2v) is 4.84. The van der Waals surface area contributed by atoms with Crippen LogP contribution in [-0.4, -0.2) is 19.5 Å². The van der Waals surface area contributed by atoms with E-state index in [-0.39, 0.29) is 0 Å². The van der Waals surface area contributed by atoms with Crippen molar-refractivity contribution in [2.45, 2.75) is 39.2 Å². The molecule has 20 heavy (non-hydrogen) atoms. The fraction of sp³-hybridized carbons (Fsp3) is 0.400. The van der Waals surface area contributed by atoms with Gasteiger partial charge in [0.15, 0.2) is 22.8 Å². The zero-order valence-corrected chi connectivity index (χ0v) is 11.6. The summed E-state index contributed by atoms with van der Waals surface area (Å²) in [5, 5.41) is 0. The quantitative estimate of drug-likeness (QED) is 0.805. The Morgan fingerprint density at radius 2 is 2.20 bits per heavy atom. The molecule has 0 saturated carbocycles. The van der Waals surface area contributed by atoms with Crippen LogP contribution < -0.4 is 5.73 Å². The number of nitrogens with zero attached hydrogens (tertiary/aromatic N) is 4. The molecule has 0 atom stereocenters. The van der Waals surface area contributed by atoms with Crippen LogP contribution in [0.4, 0.5) is 5.82 Å². The molecule has 3 rings (SSSR count). The number of anilines is 1. The lowest BCUT2D eigenvalue weighted by molar-refractivity contribution is 0.715. The fourth-order valence-corrected chi connectivity index (χ4v) is 2.44. The molecule has 2 heterocycles. The predicted molar refractivity (Wildman–Crippen MR) is 78.8 cm³/mol. The van der Waals surface area contributed by atoms with Crippen molar-refractivity contribution in [1.82, 2.24) is 19.5 Å². The van der Waals surface area contributed by atoms with E-state index in [1.54, 1.807) is 0 Å². The Morgan fingerprint density at radius 1 is 1.30 bits per heavy atom. The lowest BCUT2D eigenvalue weighted by Crippen LogP contribution is -2.00. The van der Waals surface area contributed by atoms with Gasteiger partial charge in [-0.2, -0.15) is 0 Å². The minimum absolute atomic E-state index is 0.405. The lowest BCUT2D eigenvalue weighted by atomic mass is 10.0. The third-order valence-corrected chi connectivity index (χ3v) is 3.50. The highest BCUT2D eigenvalue weighted by atomic mass is 15.1. The molecule has 2 aromatic heterocycles. The molecule has 0 aliphatic heterocycles. The molecule has 0 radical (unpaired) electrons. The van der Waals surface area contributed by atoms with Gasteiger partial charge in [-0.25, -0.2) is 15.0 Å². The monoisotopic (exact) mass is 267 g/mol. The predicted octanol–water partition coefficient (Wildman–Crippen LogP) is 2.28. The van der Waals surface area contributed by atoms with Gasteiger partial charge >= 0.3 is 0 Å². The van der Waals surface area contributed by atoms with E-state index in [2.05, 4.69) is 32.9 Å². The van der Waals surface area contributed by atoms with Crippen LogP contribution >= 0.6 is 0 Å². The van der Waals surface area contributed by atoms with E-state index in [4.69, 9.17) is 5.73 Å². The summed E-state index contributed by atoms with van der Waals surface area (Å²) in [6.45, 7) is 2.81. The number of aromatic nitrogens is 4. The zero-order valence-electron chi connectivity index (χ0n) is 11.6. The minimum atomic E-state index is 0.405. The van der Waals surface area contributed by atoms with Gasteiger partial charge in [-0.15, -0.1) is 0 Å². The number of hydrogen-bond acceptors (Lipinski definition) is 4. The van der Waals surface area contributed by atoms with Gasteiger partial charge in [-0.3, -0.25) is 0 Å². The average molecular weight is 267 g/mol. The summed E-state index contributed by atoms with van der Waals surface area (Å²) < 4.78 is 1.98. The molecule has 1 aliphatic rings. The second-order valence-electron chi connectivity index (χ2n) is 4.84. The van der Waals surface area contributed by atoms with Crippen LogP contribution in [0.5, 0.6) is 0 Å². The van der Waals surface area contributed by atoms with Crippen molar-refractivity contribution in [2.24, 2.45) is 0 Å². The van der Waals surface area contributed by atoms with E-state index in [1.807, 2.05) is 11.5 Å². The van der Waals surface area contributed by atoms with E-state index >= 15 is 0 Å². The first-order valence-corrected chi connectivity index (χ1v) is 6.97. The van der Waals surface area contributed by atoms with Crippen molar-refractivity contribution in [3.05, 3.63) is 23.8 Å². The first kappa shape index (κ1) is 12.7. The first-order chi connectivity index (χ1) is 9.79. The lowest BCUT2D eigenvalue weighted by Gasteiger charge is -2.05. The van der Waals surface area contributed by atoms with Gasteiger partial charge in [0.1, 0.15) is 6.33 Å². The summed E-state index contributed by atoms with van der Waals surface area (Å²) in [6, 6.07) is 0. The van der Waals surface area contributed by atoms with Crippen LogP contribution in [0.3, 0.4) is 0 Å². The second kappa shape index (κ2) is 5.33. The Labute approximate surface area is 117 Å². The maximum Gasteiger partial charge on any atom is 0.188 e. The SMILES string of the molecule is CCn1c(C#CC2=CCCCC2)nc2c(N)ncnc21. The summed E-state index contributed by atoms with van der Waals surface area (Å²) >= 11 is 0. The summed E-state index contributed by atoms with van der Waals surface area (Å²) in [4.78, 5) is 12.7. The largest absolute Gasteiger partial charge is 0.382 e.